The van der Waals surface area contributed by atoms with Crippen molar-refractivity contribution in [3.05, 3.63) is 0 Å². The van der Waals surface area contributed by atoms with Crippen LogP contribution in [-0.4, -0.2) is 12.2 Å². The second kappa shape index (κ2) is 2.73. The molecule has 1 spiro atoms. The molecule has 0 N–H and O–H groups in total. The summed E-state index contributed by atoms with van der Waals surface area (Å²) in [5, 5.41) is 0. The third kappa shape index (κ3) is 1.41. The normalized spacial score (nSPS) is 54.7. The van der Waals surface area contributed by atoms with Gasteiger partial charge < -0.3 is 4.74 Å². The molecule has 1 saturated heterocycles. The number of hydrogen-bond acceptors (Lipinski definition) is 1. The van der Waals surface area contributed by atoms with Gasteiger partial charge in [0, 0.05) is 0 Å². The Morgan fingerprint density at radius 1 is 1.15 bits per heavy atom. The van der Waals surface area contributed by atoms with Crippen molar-refractivity contribution >= 4 is 0 Å². The molecule has 0 aromatic carbocycles. The average molecular weight is 180 g/mol. The van der Waals surface area contributed by atoms with Crippen molar-refractivity contribution in [2.24, 2.45) is 17.8 Å². The van der Waals surface area contributed by atoms with E-state index < -0.39 is 0 Å². The van der Waals surface area contributed by atoms with Gasteiger partial charge in [0.25, 0.3) is 0 Å². The van der Waals surface area contributed by atoms with Gasteiger partial charge in [-0.05, 0) is 56.3 Å². The molecule has 2 saturated carbocycles. The summed E-state index contributed by atoms with van der Waals surface area (Å²) in [6.07, 6.45) is 8.36. The van der Waals surface area contributed by atoms with E-state index in [9.17, 15) is 0 Å². The Hall–Kier alpha value is -0.0400. The van der Waals surface area contributed by atoms with Crippen LogP contribution in [0.3, 0.4) is 0 Å². The fraction of sp³-hybridized carbons (Fsp3) is 1.00. The van der Waals surface area contributed by atoms with Crippen LogP contribution in [0.2, 0.25) is 0 Å². The molecule has 4 atom stereocenters. The Morgan fingerprint density at radius 2 is 2.00 bits per heavy atom. The van der Waals surface area contributed by atoms with Crippen molar-refractivity contribution in [1.82, 2.24) is 0 Å². The molecule has 0 bridgehead atoms. The highest BCUT2D eigenvalue weighted by molar-refractivity contribution is 4.97. The topological polar surface area (TPSA) is 9.23 Å². The van der Waals surface area contributed by atoms with Gasteiger partial charge in [-0.15, -0.1) is 0 Å². The van der Waals surface area contributed by atoms with E-state index in [0.29, 0.717) is 5.60 Å². The summed E-state index contributed by atoms with van der Waals surface area (Å²) in [5.74, 6) is 2.92. The lowest BCUT2D eigenvalue weighted by atomic mass is 9.93. The van der Waals surface area contributed by atoms with E-state index in [-0.39, 0.29) is 0 Å². The number of hydrogen-bond donors (Lipinski definition) is 0. The van der Waals surface area contributed by atoms with Crippen LogP contribution in [-0.2, 0) is 4.74 Å². The maximum Gasteiger partial charge on any atom is 0.0685 e. The zero-order valence-corrected chi connectivity index (χ0v) is 8.59. The molecule has 13 heavy (non-hydrogen) atoms. The molecular weight excluding hydrogens is 160 g/mol. The fourth-order valence-electron chi connectivity index (χ4n) is 3.38. The molecule has 0 amide bonds. The molecule has 0 aromatic rings. The minimum absolute atomic E-state index is 0.340. The summed E-state index contributed by atoms with van der Waals surface area (Å²) in [7, 11) is 0. The Bertz CT molecular complexity index is 199. The van der Waals surface area contributed by atoms with Crippen molar-refractivity contribution in [3.8, 4) is 0 Å². The molecule has 1 heteroatoms. The molecule has 74 valence electrons. The second-order valence-electron chi connectivity index (χ2n) is 5.64. The third-order valence-corrected chi connectivity index (χ3v) is 4.46. The summed E-state index contributed by atoms with van der Waals surface area (Å²) in [6.45, 7) is 3.46. The van der Waals surface area contributed by atoms with Crippen molar-refractivity contribution in [1.29, 1.82) is 0 Å². The van der Waals surface area contributed by atoms with Crippen molar-refractivity contribution in [2.75, 3.05) is 6.61 Å². The second-order valence-corrected chi connectivity index (χ2v) is 5.64. The summed E-state index contributed by atoms with van der Waals surface area (Å²) in [5.41, 5.74) is 0.340. The monoisotopic (exact) mass is 180 g/mol. The lowest BCUT2D eigenvalue weighted by molar-refractivity contribution is -0.0466. The van der Waals surface area contributed by atoms with Gasteiger partial charge in [0.05, 0.1) is 12.2 Å². The van der Waals surface area contributed by atoms with Crippen molar-refractivity contribution < 1.29 is 4.74 Å². The van der Waals surface area contributed by atoms with Gasteiger partial charge >= 0.3 is 0 Å². The Kier molecular flexibility index (Phi) is 1.74. The van der Waals surface area contributed by atoms with Crippen LogP contribution in [0.15, 0.2) is 0 Å². The van der Waals surface area contributed by atoms with E-state index in [4.69, 9.17) is 4.74 Å². The lowest BCUT2D eigenvalue weighted by Crippen LogP contribution is -2.29. The number of fused-ring (bicyclic) bond motifs is 1. The van der Waals surface area contributed by atoms with Gasteiger partial charge in [-0.3, -0.25) is 0 Å². The molecule has 1 nitrogen and oxygen atoms in total. The first-order valence-corrected chi connectivity index (χ1v) is 5.91. The molecule has 1 heterocycles. The number of rotatable bonds is 0. The van der Waals surface area contributed by atoms with Crippen LogP contribution in [0, 0.1) is 17.8 Å². The average Bonchev–Trinajstić information content (AvgIpc) is 2.78. The summed E-state index contributed by atoms with van der Waals surface area (Å²) < 4.78 is 6.18. The standard InChI is InChI=1S/C12H20O/c1-9-2-4-12(7-9)5-3-10-6-11(10)8-13-12/h9-11H,2-8H2,1H3/t9-,10-,11-,12+/m1/s1. The Morgan fingerprint density at radius 3 is 2.77 bits per heavy atom. The molecule has 2 aliphatic carbocycles. The SMILES string of the molecule is C[C@@H]1CC[C@]2(CC[C@@H]3C[C@@H]3CO2)C1. The van der Waals surface area contributed by atoms with E-state index in [1.165, 1.54) is 38.5 Å². The first kappa shape index (κ1) is 8.28. The molecule has 3 rings (SSSR count). The minimum atomic E-state index is 0.340. The number of ether oxygens (including phenoxy) is 1. The van der Waals surface area contributed by atoms with Crippen LogP contribution in [0.4, 0.5) is 0 Å². The predicted molar refractivity (Wildman–Crippen MR) is 52.5 cm³/mol. The van der Waals surface area contributed by atoms with Crippen molar-refractivity contribution in [2.45, 2.75) is 51.0 Å². The van der Waals surface area contributed by atoms with Crippen LogP contribution >= 0.6 is 0 Å². The molecule has 1 aliphatic heterocycles. The van der Waals surface area contributed by atoms with Gasteiger partial charge in [-0.25, -0.2) is 0 Å². The highest BCUT2D eigenvalue weighted by Crippen LogP contribution is 2.51. The largest absolute Gasteiger partial charge is 0.375 e. The smallest absolute Gasteiger partial charge is 0.0685 e. The fourth-order valence-corrected chi connectivity index (χ4v) is 3.38. The van der Waals surface area contributed by atoms with Crippen LogP contribution in [0.5, 0.6) is 0 Å². The summed E-state index contributed by atoms with van der Waals surface area (Å²) >= 11 is 0. The van der Waals surface area contributed by atoms with Crippen LogP contribution in [0.1, 0.15) is 45.4 Å². The minimum Gasteiger partial charge on any atom is -0.375 e. The van der Waals surface area contributed by atoms with E-state index >= 15 is 0 Å². The van der Waals surface area contributed by atoms with Gasteiger partial charge in [0.15, 0.2) is 0 Å². The highest BCUT2D eigenvalue weighted by Gasteiger charge is 2.47. The van der Waals surface area contributed by atoms with Crippen LogP contribution in [0.25, 0.3) is 0 Å². The molecule has 0 aromatic heterocycles. The zero-order valence-electron chi connectivity index (χ0n) is 8.59. The Labute approximate surface area is 80.8 Å². The zero-order chi connectivity index (χ0) is 8.89. The first-order chi connectivity index (χ1) is 6.27. The van der Waals surface area contributed by atoms with Gasteiger partial charge in [-0.2, -0.15) is 0 Å². The third-order valence-electron chi connectivity index (χ3n) is 4.46. The Balaban J connectivity index is 1.70. The molecule has 3 aliphatic rings. The highest BCUT2D eigenvalue weighted by atomic mass is 16.5. The van der Waals surface area contributed by atoms with E-state index in [1.807, 2.05) is 0 Å². The van der Waals surface area contributed by atoms with E-state index in [2.05, 4.69) is 6.92 Å². The summed E-state index contributed by atoms with van der Waals surface area (Å²) in [6, 6.07) is 0. The van der Waals surface area contributed by atoms with Crippen LogP contribution < -0.4 is 0 Å². The maximum absolute atomic E-state index is 6.18. The maximum atomic E-state index is 6.18. The molecule has 3 fully saturated rings. The lowest BCUT2D eigenvalue weighted by Gasteiger charge is -2.28. The van der Waals surface area contributed by atoms with Gasteiger partial charge in [-0.1, -0.05) is 6.92 Å². The van der Waals surface area contributed by atoms with Gasteiger partial charge in [0.2, 0.25) is 0 Å². The van der Waals surface area contributed by atoms with Crippen molar-refractivity contribution in [3.63, 3.8) is 0 Å². The quantitative estimate of drug-likeness (QED) is 0.557. The van der Waals surface area contributed by atoms with E-state index in [0.717, 1.165) is 24.4 Å². The first-order valence-electron chi connectivity index (χ1n) is 5.91. The molecule has 0 unspecified atom stereocenters. The van der Waals surface area contributed by atoms with Gasteiger partial charge in [0.1, 0.15) is 0 Å². The predicted octanol–water partition coefficient (Wildman–Crippen LogP) is 2.99. The summed E-state index contributed by atoms with van der Waals surface area (Å²) in [4.78, 5) is 0. The molecular formula is C12H20O. The van der Waals surface area contributed by atoms with E-state index in [1.54, 1.807) is 0 Å². The molecule has 0 radical (unpaired) electrons.